The Bertz CT molecular complexity index is 414. The summed E-state index contributed by atoms with van der Waals surface area (Å²) in [5.74, 6) is 0.935. The Morgan fingerprint density at radius 3 is 2.38 bits per heavy atom. The molecule has 0 atom stereocenters. The van der Waals surface area contributed by atoms with Crippen molar-refractivity contribution >= 4 is 16.7 Å². The number of aliphatic hydroxyl groups excluding tert-OH is 2. The quantitative estimate of drug-likeness (QED) is 0.703. The van der Waals surface area contributed by atoms with Gasteiger partial charge in [0.15, 0.2) is 0 Å². The molecule has 0 spiro atoms. The number of nitrogens with zero attached hydrogens (tertiary/aromatic N) is 1. The van der Waals surface area contributed by atoms with Gasteiger partial charge in [0, 0.05) is 24.0 Å². The molecular weight excluding hydrogens is 204 g/mol. The molecule has 0 unspecified atom stereocenters. The molecule has 1 heterocycles. The van der Waals surface area contributed by atoms with Gasteiger partial charge in [-0.2, -0.15) is 0 Å². The monoisotopic (exact) mass is 220 g/mol. The van der Waals surface area contributed by atoms with Crippen molar-refractivity contribution in [1.29, 1.82) is 0 Å². The van der Waals surface area contributed by atoms with Crippen LogP contribution in [0.1, 0.15) is 0 Å². The Balaban J connectivity index is 2.29. The molecule has 4 heteroatoms. The molecule has 0 aliphatic heterocycles. The highest BCUT2D eigenvalue weighted by molar-refractivity contribution is 5.83. The van der Waals surface area contributed by atoms with E-state index in [0.717, 1.165) is 16.7 Å². The number of aliphatic hydroxyl groups is 2. The van der Waals surface area contributed by atoms with Gasteiger partial charge in [-0.25, -0.2) is 0 Å². The summed E-state index contributed by atoms with van der Waals surface area (Å²) in [7, 11) is 0. The van der Waals surface area contributed by atoms with Crippen molar-refractivity contribution in [3.8, 4) is 0 Å². The van der Waals surface area contributed by atoms with Crippen LogP contribution in [0.25, 0.3) is 10.9 Å². The van der Waals surface area contributed by atoms with E-state index in [0.29, 0.717) is 13.1 Å². The lowest BCUT2D eigenvalue weighted by Crippen LogP contribution is -2.29. The second-order valence-corrected chi connectivity index (χ2v) is 3.68. The molecule has 0 aliphatic rings. The van der Waals surface area contributed by atoms with Crippen LogP contribution in [0.2, 0.25) is 0 Å². The maximum atomic E-state index is 8.96. The largest absolute Gasteiger partial charge is 0.395 e. The number of H-pyrrole nitrogens is 1. The van der Waals surface area contributed by atoms with E-state index in [2.05, 4.69) is 4.98 Å². The number of nitrogens with one attached hydrogen (secondary N) is 1. The van der Waals surface area contributed by atoms with Crippen molar-refractivity contribution in [3.05, 3.63) is 30.3 Å². The lowest BCUT2D eigenvalue weighted by molar-refractivity contribution is 0.281. The van der Waals surface area contributed by atoms with Gasteiger partial charge in [-0.15, -0.1) is 0 Å². The molecule has 0 amide bonds. The molecule has 0 saturated carbocycles. The zero-order valence-electron chi connectivity index (χ0n) is 9.06. The van der Waals surface area contributed by atoms with Gasteiger partial charge in [0.25, 0.3) is 0 Å². The van der Waals surface area contributed by atoms with Crippen LogP contribution in [0.3, 0.4) is 0 Å². The summed E-state index contributed by atoms with van der Waals surface area (Å²) in [6.45, 7) is 1.20. The van der Waals surface area contributed by atoms with Gasteiger partial charge in [-0.1, -0.05) is 18.2 Å². The highest BCUT2D eigenvalue weighted by Crippen LogP contribution is 2.20. The third-order valence-electron chi connectivity index (χ3n) is 2.60. The average Bonchev–Trinajstić information content (AvgIpc) is 2.72. The van der Waals surface area contributed by atoms with Gasteiger partial charge in [-0.05, 0) is 12.1 Å². The number of fused-ring (bicyclic) bond motifs is 1. The third-order valence-corrected chi connectivity index (χ3v) is 2.60. The molecule has 16 heavy (non-hydrogen) atoms. The zero-order valence-corrected chi connectivity index (χ0v) is 9.06. The molecule has 86 valence electrons. The summed E-state index contributed by atoms with van der Waals surface area (Å²) in [6.07, 6.45) is 0. The van der Waals surface area contributed by atoms with Gasteiger partial charge in [0.05, 0.1) is 13.2 Å². The second kappa shape index (κ2) is 5.01. The molecule has 4 nitrogen and oxygen atoms in total. The minimum atomic E-state index is 0.0787. The molecule has 0 fully saturated rings. The van der Waals surface area contributed by atoms with Gasteiger partial charge >= 0.3 is 0 Å². The predicted octanol–water partition coefficient (Wildman–Crippen LogP) is 0.959. The van der Waals surface area contributed by atoms with E-state index >= 15 is 0 Å². The Labute approximate surface area is 94.1 Å². The SMILES string of the molecule is OCCN(CCO)c1cc2ccccc2[nH]1. The van der Waals surface area contributed by atoms with Crippen LogP contribution in [0.4, 0.5) is 5.82 Å². The van der Waals surface area contributed by atoms with E-state index in [1.54, 1.807) is 0 Å². The van der Waals surface area contributed by atoms with E-state index < -0.39 is 0 Å². The van der Waals surface area contributed by atoms with Crippen molar-refractivity contribution in [2.75, 3.05) is 31.2 Å². The molecule has 1 aromatic heterocycles. The maximum Gasteiger partial charge on any atom is 0.107 e. The minimum Gasteiger partial charge on any atom is -0.395 e. The first-order chi connectivity index (χ1) is 7.85. The molecule has 0 aliphatic carbocycles. The van der Waals surface area contributed by atoms with E-state index in [9.17, 15) is 0 Å². The molecule has 0 radical (unpaired) electrons. The predicted molar refractivity (Wildman–Crippen MR) is 64.7 cm³/mol. The molecule has 2 aromatic rings. The lowest BCUT2D eigenvalue weighted by Gasteiger charge is -2.20. The zero-order chi connectivity index (χ0) is 11.4. The van der Waals surface area contributed by atoms with Crippen LogP contribution in [-0.2, 0) is 0 Å². The molecule has 0 bridgehead atoms. The van der Waals surface area contributed by atoms with Crippen molar-refractivity contribution in [2.45, 2.75) is 0 Å². The average molecular weight is 220 g/mol. The number of aromatic amines is 1. The Morgan fingerprint density at radius 1 is 1.06 bits per heavy atom. The van der Waals surface area contributed by atoms with E-state index in [1.165, 1.54) is 0 Å². The minimum absolute atomic E-state index is 0.0787. The Kier molecular flexibility index (Phi) is 3.44. The highest BCUT2D eigenvalue weighted by Gasteiger charge is 2.08. The number of rotatable bonds is 5. The second-order valence-electron chi connectivity index (χ2n) is 3.68. The number of benzene rings is 1. The van der Waals surface area contributed by atoms with Crippen molar-refractivity contribution in [2.24, 2.45) is 0 Å². The first-order valence-corrected chi connectivity index (χ1v) is 5.39. The van der Waals surface area contributed by atoms with Gasteiger partial charge < -0.3 is 20.1 Å². The Hall–Kier alpha value is -1.52. The van der Waals surface area contributed by atoms with E-state index in [1.807, 2.05) is 35.2 Å². The fraction of sp³-hybridized carbons (Fsp3) is 0.333. The first-order valence-electron chi connectivity index (χ1n) is 5.39. The normalized spacial score (nSPS) is 10.9. The molecule has 1 aromatic carbocycles. The summed E-state index contributed by atoms with van der Waals surface area (Å²) in [6, 6.07) is 10.0. The molecule has 2 rings (SSSR count). The standard InChI is InChI=1S/C12H16N2O2/c15-7-5-14(6-8-16)12-9-10-3-1-2-4-11(10)13-12/h1-4,9,13,15-16H,5-8H2. The van der Waals surface area contributed by atoms with E-state index in [4.69, 9.17) is 10.2 Å². The summed E-state index contributed by atoms with van der Waals surface area (Å²) < 4.78 is 0. The topological polar surface area (TPSA) is 59.5 Å². The van der Waals surface area contributed by atoms with Gasteiger partial charge in [0.2, 0.25) is 0 Å². The van der Waals surface area contributed by atoms with Crippen LogP contribution in [-0.4, -0.2) is 41.5 Å². The summed E-state index contributed by atoms with van der Waals surface area (Å²) in [4.78, 5) is 5.20. The fourth-order valence-electron chi connectivity index (χ4n) is 1.82. The maximum absolute atomic E-state index is 8.96. The first kappa shape index (κ1) is 11.0. The number of para-hydroxylation sites is 1. The van der Waals surface area contributed by atoms with Gasteiger partial charge in [0.1, 0.15) is 5.82 Å². The van der Waals surface area contributed by atoms with Crippen molar-refractivity contribution < 1.29 is 10.2 Å². The number of hydrogen-bond donors (Lipinski definition) is 3. The number of hydrogen-bond acceptors (Lipinski definition) is 3. The van der Waals surface area contributed by atoms with Crippen LogP contribution in [0.5, 0.6) is 0 Å². The fourth-order valence-corrected chi connectivity index (χ4v) is 1.82. The van der Waals surface area contributed by atoms with Crippen molar-refractivity contribution in [1.82, 2.24) is 4.98 Å². The summed E-state index contributed by atoms with van der Waals surface area (Å²) in [5, 5.41) is 19.1. The highest BCUT2D eigenvalue weighted by atomic mass is 16.3. The van der Waals surface area contributed by atoms with E-state index in [-0.39, 0.29) is 13.2 Å². The number of aromatic nitrogens is 1. The smallest absolute Gasteiger partial charge is 0.107 e. The summed E-state index contributed by atoms with van der Waals surface area (Å²) >= 11 is 0. The van der Waals surface area contributed by atoms with Crippen LogP contribution in [0.15, 0.2) is 30.3 Å². The molecule has 0 saturated heterocycles. The van der Waals surface area contributed by atoms with Crippen LogP contribution in [0, 0.1) is 0 Å². The Morgan fingerprint density at radius 2 is 1.75 bits per heavy atom. The summed E-state index contributed by atoms with van der Waals surface area (Å²) in [5.41, 5.74) is 1.07. The lowest BCUT2D eigenvalue weighted by atomic mass is 10.2. The van der Waals surface area contributed by atoms with Crippen LogP contribution >= 0.6 is 0 Å². The van der Waals surface area contributed by atoms with Gasteiger partial charge in [-0.3, -0.25) is 0 Å². The molecular formula is C12H16N2O2. The third kappa shape index (κ3) is 2.18. The number of anilines is 1. The molecule has 3 N–H and O–H groups in total. The van der Waals surface area contributed by atoms with Crippen LogP contribution < -0.4 is 4.90 Å². The van der Waals surface area contributed by atoms with Crippen molar-refractivity contribution in [3.63, 3.8) is 0 Å².